The number of hydrogen-bond acceptors (Lipinski definition) is 5. The van der Waals surface area contributed by atoms with Gasteiger partial charge in [0.2, 0.25) is 0 Å². The molecule has 4 heterocycles. The highest BCUT2D eigenvalue weighted by atomic mass is 35.5. The zero-order chi connectivity index (χ0) is 14.2. The number of anilines is 1. The number of aryl methyl sites for hydroxylation is 1. The first-order valence-corrected chi connectivity index (χ1v) is 7.83. The molecule has 2 aliphatic heterocycles. The minimum atomic E-state index is 0.407. The second kappa shape index (κ2) is 5.26. The van der Waals surface area contributed by atoms with Gasteiger partial charge < -0.3 is 9.47 Å². The highest BCUT2D eigenvalue weighted by Gasteiger charge is 2.29. The number of aromatic nitrogens is 5. The van der Waals surface area contributed by atoms with Crippen LogP contribution >= 0.6 is 11.6 Å². The summed E-state index contributed by atoms with van der Waals surface area (Å²) in [4.78, 5) is 10.5. The van der Waals surface area contributed by atoms with Crippen LogP contribution in [0.4, 0.5) is 5.82 Å². The van der Waals surface area contributed by atoms with Gasteiger partial charge in [0.05, 0.1) is 6.20 Å². The average Bonchev–Trinajstić information content (AvgIpc) is 3.10. The number of piperidine rings is 1. The van der Waals surface area contributed by atoms with E-state index in [-0.39, 0.29) is 0 Å². The molecular formula is C14H17ClN6. The van der Waals surface area contributed by atoms with E-state index < -0.39 is 0 Å². The second-order valence-electron chi connectivity index (χ2n) is 5.71. The molecule has 0 bridgehead atoms. The summed E-state index contributed by atoms with van der Waals surface area (Å²) in [6.45, 7) is 2.94. The molecule has 1 fully saturated rings. The Hall–Kier alpha value is -1.69. The van der Waals surface area contributed by atoms with E-state index in [1.54, 1.807) is 12.5 Å². The molecule has 0 aliphatic carbocycles. The largest absolute Gasteiger partial charge is 0.355 e. The van der Waals surface area contributed by atoms with E-state index in [0.717, 1.165) is 56.4 Å². The maximum atomic E-state index is 6.22. The van der Waals surface area contributed by atoms with Crippen molar-refractivity contribution < 1.29 is 0 Å². The van der Waals surface area contributed by atoms with Gasteiger partial charge in [-0.25, -0.2) is 9.97 Å². The van der Waals surface area contributed by atoms with Gasteiger partial charge >= 0.3 is 0 Å². The van der Waals surface area contributed by atoms with E-state index in [1.165, 1.54) is 6.42 Å². The van der Waals surface area contributed by atoms with Gasteiger partial charge in [-0.1, -0.05) is 11.6 Å². The third-order valence-corrected chi connectivity index (χ3v) is 4.64. The van der Waals surface area contributed by atoms with Crippen LogP contribution < -0.4 is 4.90 Å². The Morgan fingerprint density at radius 3 is 3.05 bits per heavy atom. The van der Waals surface area contributed by atoms with E-state index in [9.17, 15) is 0 Å². The zero-order valence-corrected chi connectivity index (χ0v) is 12.5. The predicted octanol–water partition coefficient (Wildman–Crippen LogP) is 2.05. The normalized spacial score (nSPS) is 21.6. The Bertz CT molecular complexity index is 655. The molecule has 2 aromatic rings. The smallest absolute Gasteiger partial charge is 0.150 e. The van der Waals surface area contributed by atoms with Crippen LogP contribution in [0, 0.1) is 0 Å². The molecule has 6 nitrogen and oxygen atoms in total. The number of halogens is 1. The third kappa shape index (κ3) is 2.27. The summed E-state index contributed by atoms with van der Waals surface area (Å²) in [6, 6.07) is 0. The van der Waals surface area contributed by atoms with Crippen LogP contribution in [0.5, 0.6) is 0 Å². The van der Waals surface area contributed by atoms with Crippen LogP contribution in [0.1, 0.15) is 36.8 Å². The van der Waals surface area contributed by atoms with Crippen molar-refractivity contribution in [3.05, 3.63) is 29.2 Å². The van der Waals surface area contributed by atoms with Crippen molar-refractivity contribution >= 4 is 17.4 Å². The summed E-state index contributed by atoms with van der Waals surface area (Å²) in [5.74, 6) is 3.52. The first-order chi connectivity index (χ1) is 10.3. The average molecular weight is 305 g/mol. The number of nitrogens with zero attached hydrogens (tertiary/aromatic N) is 6. The molecule has 0 amide bonds. The Kier molecular flexibility index (Phi) is 3.25. The molecule has 1 atom stereocenters. The number of rotatable bonds is 2. The first-order valence-electron chi connectivity index (χ1n) is 7.45. The topological polar surface area (TPSA) is 59.7 Å². The van der Waals surface area contributed by atoms with Gasteiger partial charge in [-0.05, 0) is 19.3 Å². The number of fused-ring (bicyclic) bond motifs is 1. The van der Waals surface area contributed by atoms with E-state index in [4.69, 9.17) is 11.6 Å². The summed E-state index contributed by atoms with van der Waals surface area (Å²) in [5.41, 5.74) is 0. The monoisotopic (exact) mass is 304 g/mol. The van der Waals surface area contributed by atoms with Crippen LogP contribution in [0.25, 0.3) is 0 Å². The van der Waals surface area contributed by atoms with Gasteiger partial charge in [-0.2, -0.15) is 0 Å². The maximum Gasteiger partial charge on any atom is 0.150 e. The molecule has 2 aliphatic rings. The lowest BCUT2D eigenvalue weighted by Gasteiger charge is -2.33. The van der Waals surface area contributed by atoms with Gasteiger partial charge in [0.1, 0.15) is 23.0 Å². The Morgan fingerprint density at radius 1 is 1.19 bits per heavy atom. The minimum absolute atomic E-state index is 0.407. The fourth-order valence-corrected chi connectivity index (χ4v) is 3.62. The molecule has 0 spiro atoms. The predicted molar refractivity (Wildman–Crippen MR) is 79.6 cm³/mol. The van der Waals surface area contributed by atoms with Gasteiger partial charge in [0.25, 0.3) is 0 Å². The van der Waals surface area contributed by atoms with E-state index in [1.807, 2.05) is 0 Å². The molecule has 0 radical (unpaired) electrons. The van der Waals surface area contributed by atoms with Crippen molar-refractivity contribution in [1.29, 1.82) is 0 Å². The van der Waals surface area contributed by atoms with E-state index in [0.29, 0.717) is 10.9 Å². The zero-order valence-electron chi connectivity index (χ0n) is 11.7. The summed E-state index contributed by atoms with van der Waals surface area (Å²) >= 11 is 6.22. The third-order valence-electron chi connectivity index (χ3n) is 4.37. The summed E-state index contributed by atoms with van der Waals surface area (Å²) in [6.07, 6.45) is 7.72. The summed E-state index contributed by atoms with van der Waals surface area (Å²) in [7, 11) is 0. The molecule has 4 rings (SSSR count). The van der Waals surface area contributed by atoms with Crippen molar-refractivity contribution in [2.45, 2.75) is 38.1 Å². The summed E-state index contributed by atoms with van der Waals surface area (Å²) in [5, 5.41) is 9.38. The maximum absolute atomic E-state index is 6.22. The number of hydrogen-bond donors (Lipinski definition) is 0. The van der Waals surface area contributed by atoms with E-state index >= 15 is 0 Å². The van der Waals surface area contributed by atoms with E-state index in [2.05, 4.69) is 29.6 Å². The molecule has 0 N–H and O–H groups in total. The van der Waals surface area contributed by atoms with Crippen molar-refractivity contribution in [2.75, 3.05) is 18.0 Å². The Balaban J connectivity index is 1.59. The lowest BCUT2D eigenvalue weighted by atomic mass is 9.97. The highest BCUT2D eigenvalue weighted by molar-refractivity contribution is 6.32. The summed E-state index contributed by atoms with van der Waals surface area (Å²) < 4.78 is 2.30. The van der Waals surface area contributed by atoms with Crippen LogP contribution in [-0.4, -0.2) is 37.8 Å². The first kappa shape index (κ1) is 13.0. The quantitative estimate of drug-likeness (QED) is 0.850. The fourth-order valence-electron chi connectivity index (χ4n) is 3.39. The molecule has 1 saturated heterocycles. The second-order valence-corrected chi connectivity index (χ2v) is 6.12. The fraction of sp³-hybridized carbons (Fsp3) is 0.571. The van der Waals surface area contributed by atoms with Crippen LogP contribution in [0.3, 0.4) is 0 Å². The van der Waals surface area contributed by atoms with Crippen molar-refractivity contribution in [2.24, 2.45) is 0 Å². The Morgan fingerprint density at radius 2 is 2.14 bits per heavy atom. The van der Waals surface area contributed by atoms with Gasteiger partial charge in [-0.15, -0.1) is 10.2 Å². The Labute approximate surface area is 128 Å². The van der Waals surface area contributed by atoms with Gasteiger partial charge in [0, 0.05) is 32.0 Å². The van der Waals surface area contributed by atoms with Crippen molar-refractivity contribution in [1.82, 2.24) is 24.7 Å². The molecule has 21 heavy (non-hydrogen) atoms. The molecule has 0 aromatic carbocycles. The highest BCUT2D eigenvalue weighted by Crippen LogP contribution is 2.32. The lowest BCUT2D eigenvalue weighted by molar-refractivity contribution is 0.471. The molecule has 0 saturated carbocycles. The molecule has 7 heteroatoms. The van der Waals surface area contributed by atoms with Crippen LogP contribution in [0.2, 0.25) is 5.02 Å². The standard InChI is InChI=1S/C14H17ClN6/c15-11-7-16-9-17-14(11)20-5-1-3-10(8-20)13-19-18-12-4-2-6-21(12)13/h7,9-10H,1-6,8H2. The van der Waals surface area contributed by atoms with Crippen LogP contribution in [-0.2, 0) is 13.0 Å². The van der Waals surface area contributed by atoms with Gasteiger partial charge in [-0.3, -0.25) is 0 Å². The SMILES string of the molecule is Clc1cncnc1N1CCCC(c2nnc3n2CCC3)C1. The lowest BCUT2D eigenvalue weighted by Crippen LogP contribution is -2.36. The molecule has 2 aromatic heterocycles. The molecular weight excluding hydrogens is 288 g/mol. The minimum Gasteiger partial charge on any atom is -0.355 e. The molecule has 1 unspecified atom stereocenters. The van der Waals surface area contributed by atoms with Gasteiger partial charge in [0.15, 0.2) is 5.82 Å². The molecule has 110 valence electrons. The van der Waals surface area contributed by atoms with Crippen LogP contribution in [0.15, 0.2) is 12.5 Å². The van der Waals surface area contributed by atoms with Crippen molar-refractivity contribution in [3.8, 4) is 0 Å². The van der Waals surface area contributed by atoms with Crippen molar-refractivity contribution in [3.63, 3.8) is 0 Å².